The third-order valence-electron chi connectivity index (χ3n) is 6.40. The first-order valence-electron chi connectivity index (χ1n) is 15.9. The van der Waals surface area contributed by atoms with Gasteiger partial charge in [0.2, 0.25) is 0 Å². The molecule has 2 heteroatoms. The van der Waals surface area contributed by atoms with E-state index in [1.807, 2.05) is 6.92 Å². The van der Waals surface area contributed by atoms with Crippen molar-refractivity contribution in [2.24, 2.45) is 0 Å². The topological polar surface area (TPSA) is 26.3 Å². The van der Waals surface area contributed by atoms with Crippen molar-refractivity contribution in [3.8, 4) is 0 Å². The first-order chi connectivity index (χ1) is 18.8. The van der Waals surface area contributed by atoms with E-state index in [4.69, 9.17) is 4.74 Å². The third kappa shape index (κ3) is 31.9. The lowest BCUT2D eigenvalue weighted by atomic mass is 10.0. The highest BCUT2D eigenvalue weighted by molar-refractivity contribution is 5.69. The van der Waals surface area contributed by atoms with E-state index in [0.29, 0.717) is 13.0 Å². The summed E-state index contributed by atoms with van der Waals surface area (Å²) in [5.41, 5.74) is 0. The molecule has 0 bridgehead atoms. The molecule has 0 aliphatic heterocycles. The SMILES string of the molecule is CCC=CCC=CCC=CCC=CCC=CCC=CCCCCCCCCCCCCCCC(=O)OCC. The summed E-state index contributed by atoms with van der Waals surface area (Å²) in [5, 5.41) is 0. The van der Waals surface area contributed by atoms with Gasteiger partial charge in [0, 0.05) is 6.42 Å². The lowest BCUT2D eigenvalue weighted by Crippen LogP contribution is -2.03. The van der Waals surface area contributed by atoms with Gasteiger partial charge in [-0.25, -0.2) is 0 Å². The van der Waals surface area contributed by atoms with Crippen molar-refractivity contribution < 1.29 is 9.53 Å². The Morgan fingerprint density at radius 3 is 1.18 bits per heavy atom. The van der Waals surface area contributed by atoms with E-state index in [9.17, 15) is 4.79 Å². The molecule has 0 unspecified atom stereocenters. The van der Waals surface area contributed by atoms with Crippen LogP contribution in [0.15, 0.2) is 72.9 Å². The Morgan fingerprint density at radius 2 is 0.789 bits per heavy atom. The zero-order chi connectivity index (χ0) is 27.6. The number of allylic oxidation sites excluding steroid dienone is 12. The fourth-order valence-electron chi connectivity index (χ4n) is 4.17. The van der Waals surface area contributed by atoms with Crippen molar-refractivity contribution in [2.45, 2.75) is 142 Å². The van der Waals surface area contributed by atoms with Gasteiger partial charge in [-0.3, -0.25) is 4.79 Å². The van der Waals surface area contributed by atoms with E-state index in [-0.39, 0.29) is 5.97 Å². The fourth-order valence-corrected chi connectivity index (χ4v) is 4.17. The zero-order valence-electron chi connectivity index (χ0n) is 25.1. The van der Waals surface area contributed by atoms with Gasteiger partial charge in [-0.15, -0.1) is 0 Å². The van der Waals surface area contributed by atoms with Crippen LogP contribution in [-0.2, 0) is 9.53 Å². The first kappa shape index (κ1) is 35.9. The van der Waals surface area contributed by atoms with Gasteiger partial charge in [0.15, 0.2) is 0 Å². The van der Waals surface area contributed by atoms with E-state index in [2.05, 4.69) is 79.8 Å². The lowest BCUT2D eigenvalue weighted by Gasteiger charge is -2.03. The molecule has 0 radical (unpaired) electrons. The summed E-state index contributed by atoms with van der Waals surface area (Å²) >= 11 is 0. The van der Waals surface area contributed by atoms with Crippen LogP contribution in [0.25, 0.3) is 0 Å². The van der Waals surface area contributed by atoms with Crippen molar-refractivity contribution in [1.82, 2.24) is 0 Å². The standard InChI is InChI=1S/C36H60O2/c1-3-5-6-7-8-9-10-11-12-13-14-15-16-17-18-19-20-21-22-23-24-25-26-27-28-29-30-31-32-33-34-35-36(37)38-4-2/h5-6,8-9,11-12,14-15,17-18,20-21H,3-4,7,10,13,16,19,22-35H2,1-2H3. The Bertz CT molecular complexity index is 663. The molecule has 0 rings (SSSR count). The highest BCUT2D eigenvalue weighted by Gasteiger charge is 2.00. The Kier molecular flexibility index (Phi) is 31.1. The van der Waals surface area contributed by atoms with Gasteiger partial charge in [0.1, 0.15) is 0 Å². The fraction of sp³-hybridized carbons (Fsp3) is 0.639. The molecule has 38 heavy (non-hydrogen) atoms. The number of rotatable bonds is 27. The van der Waals surface area contributed by atoms with Crippen LogP contribution < -0.4 is 0 Å². The highest BCUT2D eigenvalue weighted by Crippen LogP contribution is 2.13. The Labute approximate surface area is 237 Å². The minimum Gasteiger partial charge on any atom is -0.466 e. The van der Waals surface area contributed by atoms with Crippen LogP contribution in [0.5, 0.6) is 0 Å². The number of carbonyl (C=O) groups excluding carboxylic acids is 1. The number of ether oxygens (including phenoxy) is 1. The molecule has 2 nitrogen and oxygen atoms in total. The van der Waals surface area contributed by atoms with E-state index in [0.717, 1.165) is 51.4 Å². The Hall–Kier alpha value is -2.09. The maximum atomic E-state index is 11.3. The summed E-state index contributed by atoms with van der Waals surface area (Å²) in [6.07, 6.45) is 50.9. The molecule has 0 fully saturated rings. The van der Waals surface area contributed by atoms with E-state index >= 15 is 0 Å². The van der Waals surface area contributed by atoms with Crippen molar-refractivity contribution in [3.05, 3.63) is 72.9 Å². The number of esters is 1. The summed E-state index contributed by atoms with van der Waals surface area (Å²) in [7, 11) is 0. The van der Waals surface area contributed by atoms with Crippen LogP contribution >= 0.6 is 0 Å². The van der Waals surface area contributed by atoms with Crippen LogP contribution in [0, 0.1) is 0 Å². The molecular weight excluding hydrogens is 464 g/mol. The van der Waals surface area contributed by atoms with Crippen LogP contribution in [0.3, 0.4) is 0 Å². The normalized spacial score (nSPS) is 12.6. The quantitative estimate of drug-likeness (QED) is 0.0606. The van der Waals surface area contributed by atoms with Gasteiger partial charge in [-0.05, 0) is 64.7 Å². The van der Waals surface area contributed by atoms with Crippen LogP contribution in [-0.4, -0.2) is 12.6 Å². The minimum atomic E-state index is -0.0372. The molecule has 0 aromatic rings. The summed E-state index contributed by atoms with van der Waals surface area (Å²) in [5.74, 6) is -0.0372. The van der Waals surface area contributed by atoms with Crippen molar-refractivity contribution in [1.29, 1.82) is 0 Å². The first-order valence-corrected chi connectivity index (χ1v) is 15.9. The molecule has 0 atom stereocenters. The highest BCUT2D eigenvalue weighted by atomic mass is 16.5. The molecule has 0 amide bonds. The minimum absolute atomic E-state index is 0.0372. The summed E-state index contributed by atoms with van der Waals surface area (Å²) in [6.45, 7) is 4.54. The predicted molar refractivity (Wildman–Crippen MR) is 169 cm³/mol. The molecule has 0 heterocycles. The monoisotopic (exact) mass is 524 g/mol. The van der Waals surface area contributed by atoms with Crippen molar-refractivity contribution >= 4 is 5.97 Å². The molecule has 0 aliphatic rings. The number of carbonyl (C=O) groups is 1. The molecule has 216 valence electrons. The molecule has 0 N–H and O–H groups in total. The van der Waals surface area contributed by atoms with Gasteiger partial charge >= 0.3 is 5.97 Å². The second kappa shape index (κ2) is 32.9. The van der Waals surface area contributed by atoms with E-state index in [1.165, 1.54) is 70.6 Å². The summed E-state index contributed by atoms with van der Waals surface area (Å²) < 4.78 is 4.96. The molecule has 0 aromatic heterocycles. The number of hydrogen-bond donors (Lipinski definition) is 0. The zero-order valence-corrected chi connectivity index (χ0v) is 25.1. The number of hydrogen-bond acceptors (Lipinski definition) is 2. The molecule has 0 aromatic carbocycles. The van der Waals surface area contributed by atoms with Crippen LogP contribution in [0.4, 0.5) is 0 Å². The van der Waals surface area contributed by atoms with Crippen LogP contribution in [0.1, 0.15) is 142 Å². The van der Waals surface area contributed by atoms with Crippen molar-refractivity contribution in [3.63, 3.8) is 0 Å². The molecular formula is C36H60O2. The van der Waals surface area contributed by atoms with E-state index < -0.39 is 0 Å². The van der Waals surface area contributed by atoms with Crippen molar-refractivity contribution in [2.75, 3.05) is 6.61 Å². The molecule has 0 saturated heterocycles. The number of unbranched alkanes of at least 4 members (excludes halogenated alkanes) is 12. The van der Waals surface area contributed by atoms with Gasteiger partial charge in [-0.1, -0.05) is 144 Å². The summed E-state index contributed by atoms with van der Waals surface area (Å²) in [4.78, 5) is 11.3. The lowest BCUT2D eigenvalue weighted by molar-refractivity contribution is -0.143. The maximum Gasteiger partial charge on any atom is 0.305 e. The van der Waals surface area contributed by atoms with Gasteiger partial charge in [0.25, 0.3) is 0 Å². The second-order valence-electron chi connectivity index (χ2n) is 10.0. The average molecular weight is 525 g/mol. The van der Waals surface area contributed by atoms with Gasteiger partial charge in [0.05, 0.1) is 6.61 Å². The maximum absolute atomic E-state index is 11.3. The van der Waals surface area contributed by atoms with Gasteiger partial charge < -0.3 is 4.74 Å². The van der Waals surface area contributed by atoms with E-state index in [1.54, 1.807) is 0 Å². The molecule has 0 spiro atoms. The third-order valence-corrected chi connectivity index (χ3v) is 6.40. The molecule has 0 aliphatic carbocycles. The van der Waals surface area contributed by atoms with Gasteiger partial charge in [-0.2, -0.15) is 0 Å². The molecule has 0 saturated carbocycles. The Morgan fingerprint density at radius 1 is 0.447 bits per heavy atom. The smallest absolute Gasteiger partial charge is 0.305 e. The predicted octanol–water partition coefficient (Wildman–Crippen LogP) is 11.7. The van der Waals surface area contributed by atoms with Crippen LogP contribution in [0.2, 0.25) is 0 Å². The largest absolute Gasteiger partial charge is 0.466 e. The Balaban J connectivity index is 3.33. The average Bonchev–Trinajstić information content (AvgIpc) is 2.92. The second-order valence-corrected chi connectivity index (χ2v) is 10.0. The summed E-state index contributed by atoms with van der Waals surface area (Å²) in [6, 6.07) is 0.